The van der Waals surface area contributed by atoms with Crippen LogP contribution >= 0.6 is 0 Å². The third-order valence-electron chi connectivity index (χ3n) is 15.7. The molecular weight excluding hydrogens is 835 g/mol. The Bertz CT molecular complexity index is 3830. The lowest BCUT2D eigenvalue weighted by molar-refractivity contribution is 0.632. The first-order valence-corrected chi connectivity index (χ1v) is 24.3. The molecule has 69 heavy (non-hydrogen) atoms. The molecule has 3 heteroatoms. The third-order valence-corrected chi connectivity index (χ3v) is 15.7. The van der Waals surface area contributed by atoms with E-state index in [4.69, 9.17) is 0 Å². The van der Waals surface area contributed by atoms with Gasteiger partial charge in [-0.1, -0.05) is 167 Å². The van der Waals surface area contributed by atoms with Crippen molar-refractivity contribution in [2.24, 2.45) is 0 Å². The molecule has 0 spiro atoms. The summed E-state index contributed by atoms with van der Waals surface area (Å²) >= 11 is 0. The van der Waals surface area contributed by atoms with Crippen molar-refractivity contribution in [2.45, 2.75) is 38.5 Å². The Kier molecular flexibility index (Phi) is 8.38. The van der Waals surface area contributed by atoms with E-state index in [9.17, 15) is 0 Å². The molecule has 0 bridgehead atoms. The molecule has 14 rings (SSSR count). The number of benzene rings is 10. The Morgan fingerprint density at radius 3 is 1.14 bits per heavy atom. The van der Waals surface area contributed by atoms with Gasteiger partial charge >= 0.3 is 0 Å². The lowest BCUT2D eigenvalue weighted by atomic mass is 9.69. The summed E-state index contributed by atoms with van der Waals surface area (Å²) in [6.45, 7) is 9.62. The first-order valence-electron chi connectivity index (χ1n) is 24.3. The van der Waals surface area contributed by atoms with Crippen molar-refractivity contribution < 1.29 is 0 Å². The normalized spacial score (nSPS) is 14.6. The standard InChI is InChI=1S/C66H49N3/c1-65(2)56-30-16-20-34-62(56)68(43-23-9-6-10-24-43)64-41-54-50-37-44(69-59-31-17-13-27-48(59)49-28-14-18-32-60(49)69)35-36-47(50)52-39-58-63(40-53(52)46-26-12-11-25-45(46)51(54)38-57(64)65)67(42-21-7-5-8-22-42)61-33-19-15-29-55(61)66(58,3)4/h5-41H,1-4H3. The third kappa shape index (κ3) is 5.62. The van der Waals surface area contributed by atoms with Crippen LogP contribution < -0.4 is 9.80 Å². The smallest absolute Gasteiger partial charge is 0.0541 e. The van der Waals surface area contributed by atoms with E-state index in [1.54, 1.807) is 0 Å². The zero-order chi connectivity index (χ0) is 46.2. The minimum atomic E-state index is -0.288. The van der Waals surface area contributed by atoms with Crippen molar-refractivity contribution >= 4 is 55.9 Å². The van der Waals surface area contributed by atoms with Crippen molar-refractivity contribution in [1.82, 2.24) is 4.57 Å². The molecule has 10 aromatic carbocycles. The molecule has 2 aliphatic heterocycles. The summed E-state index contributed by atoms with van der Waals surface area (Å²) in [5.74, 6) is 0. The lowest BCUT2D eigenvalue weighted by Crippen LogP contribution is -2.31. The maximum absolute atomic E-state index is 2.55. The molecule has 328 valence electrons. The number of fused-ring (bicyclic) bond motifs is 15. The summed E-state index contributed by atoms with van der Waals surface area (Å²) < 4.78 is 2.47. The van der Waals surface area contributed by atoms with Crippen molar-refractivity contribution in [2.75, 3.05) is 9.80 Å². The van der Waals surface area contributed by atoms with Gasteiger partial charge in [0, 0.05) is 38.7 Å². The van der Waals surface area contributed by atoms with Crippen LogP contribution in [0.1, 0.15) is 49.9 Å². The van der Waals surface area contributed by atoms with Crippen LogP contribution in [0, 0.1) is 0 Å². The number of rotatable bonds is 3. The van der Waals surface area contributed by atoms with Gasteiger partial charge in [-0.15, -0.1) is 0 Å². The number of para-hydroxylation sites is 6. The molecule has 0 unspecified atom stereocenters. The van der Waals surface area contributed by atoms with Gasteiger partial charge in [0.25, 0.3) is 0 Å². The number of nitrogens with zero attached hydrogens (tertiary/aromatic N) is 3. The minimum absolute atomic E-state index is 0.288. The van der Waals surface area contributed by atoms with Crippen LogP contribution in [0.4, 0.5) is 34.1 Å². The fourth-order valence-electron chi connectivity index (χ4n) is 12.4. The first-order chi connectivity index (χ1) is 33.8. The molecule has 1 aromatic heterocycles. The highest BCUT2D eigenvalue weighted by Gasteiger charge is 2.41. The van der Waals surface area contributed by atoms with Crippen molar-refractivity contribution in [3.05, 3.63) is 247 Å². The van der Waals surface area contributed by atoms with Crippen LogP contribution in [-0.2, 0) is 10.8 Å². The molecule has 0 N–H and O–H groups in total. The zero-order valence-electron chi connectivity index (χ0n) is 39.2. The average molecular weight is 884 g/mol. The summed E-state index contributed by atoms with van der Waals surface area (Å²) in [6, 6.07) is 84.1. The molecule has 0 fully saturated rings. The van der Waals surface area contributed by atoms with Gasteiger partial charge in [-0.25, -0.2) is 0 Å². The number of hydrogen-bond acceptors (Lipinski definition) is 2. The van der Waals surface area contributed by atoms with Crippen LogP contribution in [0.15, 0.2) is 224 Å². The van der Waals surface area contributed by atoms with E-state index in [0.717, 1.165) is 17.1 Å². The Hall–Kier alpha value is -8.40. The Labute approximate surface area is 403 Å². The van der Waals surface area contributed by atoms with Gasteiger partial charge in [0.05, 0.1) is 33.8 Å². The van der Waals surface area contributed by atoms with Gasteiger partial charge in [-0.3, -0.25) is 0 Å². The first kappa shape index (κ1) is 39.7. The molecule has 0 saturated carbocycles. The van der Waals surface area contributed by atoms with E-state index in [2.05, 4.69) is 267 Å². The lowest BCUT2D eigenvalue weighted by Gasteiger charge is -2.43. The quantitative estimate of drug-likeness (QED) is 0.175. The van der Waals surface area contributed by atoms with Gasteiger partial charge < -0.3 is 14.4 Å². The summed E-state index contributed by atoms with van der Waals surface area (Å²) in [5, 5.41) is 2.51. The SMILES string of the molecule is CC1(C)c2ccccc2N(c2ccccc2)c2cc3c(cc21)-c1ccc(-n2c4ccccc4c4ccccc42)cc1-c1cc2c(cc1-c1ccccc1-3)C(C)(C)c1ccccc1N2c1ccccc1. The van der Waals surface area contributed by atoms with Crippen LogP contribution in [-0.4, -0.2) is 4.57 Å². The van der Waals surface area contributed by atoms with Gasteiger partial charge in [-0.2, -0.15) is 0 Å². The van der Waals surface area contributed by atoms with E-state index >= 15 is 0 Å². The minimum Gasteiger partial charge on any atom is -0.310 e. The highest BCUT2D eigenvalue weighted by molar-refractivity contribution is 6.11. The van der Waals surface area contributed by atoms with Gasteiger partial charge in [-0.05, 0) is 152 Å². The predicted molar refractivity (Wildman–Crippen MR) is 290 cm³/mol. The van der Waals surface area contributed by atoms with E-state index in [-0.39, 0.29) is 10.8 Å². The summed E-state index contributed by atoms with van der Waals surface area (Å²) in [6.07, 6.45) is 0. The molecule has 0 saturated heterocycles. The van der Waals surface area contributed by atoms with Crippen molar-refractivity contribution in [1.29, 1.82) is 0 Å². The van der Waals surface area contributed by atoms with Crippen molar-refractivity contribution in [3.8, 4) is 50.2 Å². The fraction of sp³-hybridized carbons (Fsp3) is 0.0909. The highest BCUT2D eigenvalue weighted by Crippen LogP contribution is 2.59. The van der Waals surface area contributed by atoms with Gasteiger partial charge in [0.15, 0.2) is 0 Å². The van der Waals surface area contributed by atoms with E-state index in [1.165, 1.54) is 111 Å². The molecular formula is C66H49N3. The molecule has 0 radical (unpaired) electrons. The number of hydrogen-bond donors (Lipinski definition) is 0. The summed E-state index contributed by atoms with van der Waals surface area (Å²) in [4.78, 5) is 4.99. The zero-order valence-corrected chi connectivity index (χ0v) is 39.2. The maximum Gasteiger partial charge on any atom is 0.0541 e. The van der Waals surface area contributed by atoms with E-state index < -0.39 is 0 Å². The Balaban J connectivity index is 1.12. The second kappa shape index (κ2) is 14.6. The monoisotopic (exact) mass is 883 g/mol. The summed E-state index contributed by atoms with van der Waals surface area (Å²) in [7, 11) is 0. The Morgan fingerprint density at radius 2 is 0.638 bits per heavy atom. The second-order valence-electron chi connectivity index (χ2n) is 20.1. The molecule has 0 amide bonds. The maximum atomic E-state index is 2.55. The second-order valence-corrected chi connectivity index (χ2v) is 20.1. The van der Waals surface area contributed by atoms with Crippen LogP contribution in [0.2, 0.25) is 0 Å². The number of aromatic nitrogens is 1. The molecule has 3 heterocycles. The van der Waals surface area contributed by atoms with Crippen LogP contribution in [0.25, 0.3) is 72.0 Å². The topological polar surface area (TPSA) is 11.4 Å². The van der Waals surface area contributed by atoms with E-state index in [0.29, 0.717) is 0 Å². The largest absolute Gasteiger partial charge is 0.310 e. The number of anilines is 6. The summed E-state index contributed by atoms with van der Waals surface area (Å²) in [5.41, 5.74) is 25.2. The predicted octanol–water partition coefficient (Wildman–Crippen LogP) is 18.0. The molecule has 11 aromatic rings. The van der Waals surface area contributed by atoms with Crippen LogP contribution in [0.3, 0.4) is 0 Å². The Morgan fingerprint density at radius 1 is 0.261 bits per heavy atom. The average Bonchev–Trinajstić information content (AvgIpc) is 3.73. The van der Waals surface area contributed by atoms with Crippen LogP contribution in [0.5, 0.6) is 0 Å². The molecule has 3 nitrogen and oxygen atoms in total. The van der Waals surface area contributed by atoms with Crippen molar-refractivity contribution in [3.63, 3.8) is 0 Å². The van der Waals surface area contributed by atoms with E-state index in [1.807, 2.05) is 0 Å². The highest BCUT2D eigenvalue weighted by atomic mass is 15.2. The van der Waals surface area contributed by atoms with Gasteiger partial charge in [0.2, 0.25) is 0 Å². The molecule has 0 atom stereocenters. The van der Waals surface area contributed by atoms with Gasteiger partial charge in [0.1, 0.15) is 0 Å². The molecule has 1 aliphatic carbocycles. The fourth-order valence-corrected chi connectivity index (χ4v) is 12.4. The molecule has 3 aliphatic rings.